The highest BCUT2D eigenvalue weighted by Gasteiger charge is 2.03. The highest BCUT2D eigenvalue weighted by atomic mass is 16.2. The lowest BCUT2D eigenvalue weighted by Gasteiger charge is -1.99. The molecule has 0 saturated heterocycles. The van der Waals surface area contributed by atoms with Crippen LogP contribution in [0.2, 0.25) is 0 Å². The number of hydrogen-bond acceptors (Lipinski definition) is 4. The van der Waals surface area contributed by atoms with Crippen molar-refractivity contribution in [1.29, 1.82) is 0 Å². The van der Waals surface area contributed by atoms with Crippen LogP contribution >= 0.6 is 0 Å². The summed E-state index contributed by atoms with van der Waals surface area (Å²) in [6.07, 6.45) is 11.1. The first kappa shape index (κ1) is 21.5. The fourth-order valence-corrected chi connectivity index (χ4v) is 2.26. The van der Waals surface area contributed by atoms with Gasteiger partial charge in [0.25, 0.3) is 0 Å². The van der Waals surface area contributed by atoms with Crippen LogP contribution in [0.15, 0.2) is 83.0 Å². The van der Waals surface area contributed by atoms with Gasteiger partial charge < -0.3 is 0 Å². The van der Waals surface area contributed by atoms with E-state index in [9.17, 15) is 9.59 Å². The second kappa shape index (κ2) is 13.4. The first-order chi connectivity index (χ1) is 14.2. The zero-order valence-corrected chi connectivity index (χ0v) is 16.1. The summed E-state index contributed by atoms with van der Waals surface area (Å²) in [5, 5.41) is 7.67. The predicted octanol–water partition coefficient (Wildman–Crippen LogP) is 3.79. The number of benzene rings is 2. The Morgan fingerprint density at radius 1 is 0.690 bits per heavy atom. The smallest absolute Gasteiger partial charge is 0.240 e. The minimum atomic E-state index is -0.239. The fraction of sp³-hybridized carbons (Fsp3) is 0.130. The molecule has 0 aromatic heterocycles. The Labute approximate surface area is 170 Å². The summed E-state index contributed by atoms with van der Waals surface area (Å²) in [7, 11) is 0. The van der Waals surface area contributed by atoms with Crippen molar-refractivity contribution in [2.24, 2.45) is 10.2 Å². The SMILES string of the molecule is O=C(CCCC(=O)N/N=C/C=C/c1ccccc1)N/N=C/C=C\c1ccccc1. The first-order valence-corrected chi connectivity index (χ1v) is 9.31. The molecule has 0 aliphatic carbocycles. The van der Waals surface area contributed by atoms with Gasteiger partial charge in [-0.1, -0.05) is 72.8 Å². The molecule has 0 bridgehead atoms. The zero-order chi connectivity index (χ0) is 20.6. The van der Waals surface area contributed by atoms with Gasteiger partial charge >= 0.3 is 0 Å². The normalized spacial score (nSPS) is 11.6. The van der Waals surface area contributed by atoms with E-state index in [0.717, 1.165) is 11.1 Å². The van der Waals surface area contributed by atoms with Crippen molar-refractivity contribution >= 4 is 36.4 Å². The van der Waals surface area contributed by atoms with Gasteiger partial charge in [0, 0.05) is 25.3 Å². The number of nitrogens with one attached hydrogen (secondary N) is 2. The third-order valence-electron chi connectivity index (χ3n) is 3.68. The second-order valence-electron chi connectivity index (χ2n) is 6.02. The van der Waals surface area contributed by atoms with E-state index in [1.54, 1.807) is 12.2 Å². The number of hydrogen-bond donors (Lipinski definition) is 2. The summed E-state index contributed by atoms with van der Waals surface area (Å²) < 4.78 is 0. The third kappa shape index (κ3) is 10.2. The molecule has 0 aliphatic heterocycles. The highest BCUT2D eigenvalue weighted by Crippen LogP contribution is 2.00. The lowest BCUT2D eigenvalue weighted by molar-refractivity contribution is -0.122. The molecule has 2 rings (SSSR count). The van der Waals surface area contributed by atoms with E-state index in [-0.39, 0.29) is 24.7 Å². The van der Waals surface area contributed by atoms with Crippen LogP contribution in [-0.4, -0.2) is 24.2 Å². The maximum absolute atomic E-state index is 11.7. The molecule has 6 heteroatoms. The highest BCUT2D eigenvalue weighted by molar-refractivity contribution is 5.83. The molecule has 0 unspecified atom stereocenters. The molecule has 0 fully saturated rings. The quantitative estimate of drug-likeness (QED) is 0.479. The minimum absolute atomic E-state index is 0.213. The molecule has 0 saturated carbocycles. The lowest BCUT2D eigenvalue weighted by atomic mass is 10.2. The summed E-state index contributed by atoms with van der Waals surface area (Å²) in [6.45, 7) is 0. The molecule has 0 atom stereocenters. The van der Waals surface area contributed by atoms with Crippen molar-refractivity contribution in [1.82, 2.24) is 10.9 Å². The molecule has 2 amide bonds. The Bertz CT molecular complexity index is 799. The van der Waals surface area contributed by atoms with Gasteiger partial charge in [0.2, 0.25) is 11.8 Å². The Hall–Kier alpha value is -3.80. The van der Waals surface area contributed by atoms with E-state index in [1.807, 2.05) is 72.8 Å². The summed E-state index contributed by atoms with van der Waals surface area (Å²) in [5.41, 5.74) is 6.95. The number of carbonyl (C=O) groups is 2. The van der Waals surface area contributed by atoms with Gasteiger partial charge in [0.1, 0.15) is 0 Å². The Kier molecular flexibility index (Phi) is 9.92. The van der Waals surface area contributed by atoms with Crippen molar-refractivity contribution < 1.29 is 9.59 Å². The van der Waals surface area contributed by atoms with Crippen molar-refractivity contribution in [2.45, 2.75) is 19.3 Å². The fourth-order valence-electron chi connectivity index (χ4n) is 2.26. The zero-order valence-electron chi connectivity index (χ0n) is 16.1. The van der Waals surface area contributed by atoms with Crippen LogP contribution in [0.1, 0.15) is 30.4 Å². The number of rotatable bonds is 10. The average Bonchev–Trinajstić information content (AvgIpc) is 2.75. The molecule has 148 valence electrons. The summed E-state index contributed by atoms with van der Waals surface area (Å²) >= 11 is 0. The van der Waals surface area contributed by atoms with E-state index in [4.69, 9.17) is 0 Å². The first-order valence-electron chi connectivity index (χ1n) is 9.31. The lowest BCUT2D eigenvalue weighted by Crippen LogP contribution is -2.20. The molecule has 2 N–H and O–H groups in total. The number of hydrazone groups is 2. The second-order valence-corrected chi connectivity index (χ2v) is 6.02. The van der Waals surface area contributed by atoms with Crippen molar-refractivity contribution in [3.8, 4) is 0 Å². The molecule has 6 nitrogen and oxygen atoms in total. The Balaban J connectivity index is 1.55. The predicted molar refractivity (Wildman–Crippen MR) is 118 cm³/mol. The summed E-state index contributed by atoms with van der Waals surface area (Å²) in [5.74, 6) is -0.479. The molecule has 0 radical (unpaired) electrons. The van der Waals surface area contributed by atoms with E-state index in [0.29, 0.717) is 6.42 Å². The standard InChI is InChI=1S/C23H24N4O2/c28-22(26-24-18-8-14-20-10-3-1-4-11-20)16-7-17-23(29)27-25-19-9-15-21-12-5-2-6-13-21/h1-6,8-15,18-19H,7,16-17H2,(H,26,28)(H,27,29)/b14-8-,15-9+,24-18+,25-19+. The largest absolute Gasteiger partial charge is 0.273 e. The number of carbonyl (C=O) groups excluding carboxylic acids is 2. The van der Waals surface area contributed by atoms with Crippen molar-refractivity contribution in [3.63, 3.8) is 0 Å². The molecule has 2 aromatic carbocycles. The summed E-state index contributed by atoms with van der Waals surface area (Å²) in [4.78, 5) is 23.3. The molecule has 0 heterocycles. The van der Waals surface area contributed by atoms with Crippen LogP contribution in [-0.2, 0) is 9.59 Å². The Morgan fingerprint density at radius 2 is 1.10 bits per heavy atom. The maximum atomic E-state index is 11.7. The minimum Gasteiger partial charge on any atom is -0.273 e. The molecular formula is C23H24N4O2. The van der Waals surface area contributed by atoms with E-state index in [2.05, 4.69) is 21.1 Å². The molecule has 0 aliphatic rings. The summed E-state index contributed by atoms with van der Waals surface area (Å²) in [6, 6.07) is 19.6. The number of nitrogens with zero attached hydrogens (tertiary/aromatic N) is 2. The van der Waals surface area contributed by atoms with Gasteiger partial charge in [-0.25, -0.2) is 10.9 Å². The van der Waals surface area contributed by atoms with Crippen LogP contribution in [0.3, 0.4) is 0 Å². The maximum Gasteiger partial charge on any atom is 0.240 e. The van der Waals surface area contributed by atoms with Crippen LogP contribution in [0, 0.1) is 0 Å². The van der Waals surface area contributed by atoms with Gasteiger partial charge in [0.15, 0.2) is 0 Å². The monoisotopic (exact) mass is 388 g/mol. The topological polar surface area (TPSA) is 82.9 Å². The van der Waals surface area contributed by atoms with Crippen molar-refractivity contribution in [2.75, 3.05) is 0 Å². The van der Waals surface area contributed by atoms with Crippen molar-refractivity contribution in [3.05, 3.63) is 83.9 Å². The van der Waals surface area contributed by atoms with Gasteiger partial charge in [-0.15, -0.1) is 0 Å². The van der Waals surface area contributed by atoms with E-state index < -0.39 is 0 Å². The molecular weight excluding hydrogens is 364 g/mol. The van der Waals surface area contributed by atoms with Gasteiger partial charge in [-0.2, -0.15) is 10.2 Å². The van der Waals surface area contributed by atoms with Gasteiger partial charge in [-0.05, 0) is 29.7 Å². The van der Waals surface area contributed by atoms with Crippen LogP contribution in [0.25, 0.3) is 12.2 Å². The Morgan fingerprint density at radius 3 is 1.52 bits per heavy atom. The molecule has 29 heavy (non-hydrogen) atoms. The van der Waals surface area contributed by atoms with Gasteiger partial charge in [0.05, 0.1) is 0 Å². The number of allylic oxidation sites excluding steroid dienone is 2. The van der Waals surface area contributed by atoms with E-state index in [1.165, 1.54) is 12.4 Å². The van der Waals surface area contributed by atoms with Crippen LogP contribution in [0.4, 0.5) is 0 Å². The number of amides is 2. The third-order valence-corrected chi connectivity index (χ3v) is 3.68. The molecule has 0 spiro atoms. The van der Waals surface area contributed by atoms with E-state index >= 15 is 0 Å². The average molecular weight is 388 g/mol. The van der Waals surface area contributed by atoms with Gasteiger partial charge in [-0.3, -0.25) is 9.59 Å². The van der Waals surface area contributed by atoms with Crippen LogP contribution in [0.5, 0.6) is 0 Å². The molecule has 2 aromatic rings. The van der Waals surface area contributed by atoms with Crippen LogP contribution < -0.4 is 10.9 Å².